The highest BCUT2D eigenvalue weighted by Gasteiger charge is 2.06. The lowest BCUT2D eigenvalue weighted by Crippen LogP contribution is -2.33. The molecule has 0 spiro atoms. The summed E-state index contributed by atoms with van der Waals surface area (Å²) in [6.07, 6.45) is 0. The number of hydrogen-bond donors (Lipinski definition) is 2. The predicted molar refractivity (Wildman–Crippen MR) is 63.7 cm³/mol. The molecular weight excluding hydrogens is 206 g/mol. The molecule has 1 unspecified atom stereocenters. The van der Waals surface area contributed by atoms with Crippen molar-refractivity contribution in [3.05, 3.63) is 18.2 Å². The van der Waals surface area contributed by atoms with E-state index in [1.165, 1.54) is 0 Å². The van der Waals surface area contributed by atoms with E-state index in [-0.39, 0.29) is 6.04 Å². The van der Waals surface area contributed by atoms with Crippen LogP contribution in [0.15, 0.2) is 18.2 Å². The Morgan fingerprint density at radius 1 is 1.50 bits per heavy atom. The Labute approximate surface area is 96.0 Å². The molecule has 0 radical (unpaired) electrons. The largest absolute Gasteiger partial charge is 0.478 e. The monoisotopic (exact) mass is 225 g/mol. The summed E-state index contributed by atoms with van der Waals surface area (Å²) in [5, 5.41) is 3.19. The van der Waals surface area contributed by atoms with Crippen molar-refractivity contribution in [3.8, 4) is 5.88 Å². The van der Waals surface area contributed by atoms with E-state index in [4.69, 9.17) is 15.2 Å². The summed E-state index contributed by atoms with van der Waals surface area (Å²) in [5.41, 5.74) is 5.60. The molecule has 0 saturated heterocycles. The zero-order chi connectivity index (χ0) is 11.8. The first-order chi connectivity index (χ1) is 7.80. The van der Waals surface area contributed by atoms with Crippen LogP contribution in [-0.4, -0.2) is 37.9 Å². The molecule has 0 amide bonds. The van der Waals surface area contributed by atoms with Gasteiger partial charge in [0.15, 0.2) is 0 Å². The molecule has 3 N–H and O–H groups in total. The number of aromatic nitrogens is 1. The molecule has 16 heavy (non-hydrogen) atoms. The number of ether oxygens (including phenoxy) is 2. The number of nitrogens with zero attached hydrogens (tertiary/aromatic N) is 1. The Morgan fingerprint density at radius 3 is 2.94 bits per heavy atom. The van der Waals surface area contributed by atoms with Crippen molar-refractivity contribution in [1.29, 1.82) is 0 Å². The number of nitrogens with two attached hydrogens (primary N) is 1. The number of hydrogen-bond acceptors (Lipinski definition) is 5. The van der Waals surface area contributed by atoms with Crippen molar-refractivity contribution < 1.29 is 9.47 Å². The van der Waals surface area contributed by atoms with Gasteiger partial charge in [0.1, 0.15) is 5.82 Å². The van der Waals surface area contributed by atoms with Crippen LogP contribution in [0.3, 0.4) is 0 Å². The van der Waals surface area contributed by atoms with E-state index in [2.05, 4.69) is 10.3 Å². The Balaban J connectivity index is 2.60. The van der Waals surface area contributed by atoms with Crippen LogP contribution in [0, 0.1) is 0 Å². The normalized spacial score (nSPS) is 12.2. The highest BCUT2D eigenvalue weighted by atomic mass is 16.5. The molecule has 5 heteroatoms. The third-order valence-electron chi connectivity index (χ3n) is 2.02. The standard InChI is InChI=1S/C11H19N3O2/c1-3-16-11-6-4-5-10(14-11)13-9(7-12)8-15-2/h4-6,9H,3,7-8,12H2,1-2H3,(H,13,14). The fraction of sp³-hybridized carbons (Fsp3) is 0.545. The predicted octanol–water partition coefficient (Wildman–Crippen LogP) is 0.866. The molecule has 90 valence electrons. The first-order valence-corrected chi connectivity index (χ1v) is 5.35. The Kier molecular flexibility index (Phi) is 5.60. The zero-order valence-electron chi connectivity index (χ0n) is 9.77. The molecule has 0 saturated carbocycles. The van der Waals surface area contributed by atoms with Gasteiger partial charge in [-0.1, -0.05) is 6.07 Å². The van der Waals surface area contributed by atoms with Crippen molar-refractivity contribution in [1.82, 2.24) is 4.98 Å². The molecule has 0 fully saturated rings. The van der Waals surface area contributed by atoms with Crippen LogP contribution in [0.2, 0.25) is 0 Å². The summed E-state index contributed by atoms with van der Waals surface area (Å²) in [7, 11) is 1.65. The van der Waals surface area contributed by atoms with E-state index in [1.54, 1.807) is 7.11 Å². The average molecular weight is 225 g/mol. The minimum atomic E-state index is 0.0642. The summed E-state index contributed by atoms with van der Waals surface area (Å²) < 4.78 is 10.4. The molecule has 0 aromatic carbocycles. The third-order valence-corrected chi connectivity index (χ3v) is 2.02. The maximum absolute atomic E-state index is 5.60. The van der Waals surface area contributed by atoms with Gasteiger partial charge in [-0.25, -0.2) is 0 Å². The van der Waals surface area contributed by atoms with E-state index < -0.39 is 0 Å². The van der Waals surface area contributed by atoms with Gasteiger partial charge in [-0.2, -0.15) is 4.98 Å². The van der Waals surface area contributed by atoms with Gasteiger partial charge < -0.3 is 20.5 Å². The van der Waals surface area contributed by atoms with Gasteiger partial charge in [-0.3, -0.25) is 0 Å². The average Bonchev–Trinajstić information content (AvgIpc) is 2.29. The summed E-state index contributed by atoms with van der Waals surface area (Å²) >= 11 is 0. The van der Waals surface area contributed by atoms with Crippen LogP contribution in [-0.2, 0) is 4.74 Å². The molecule has 0 aliphatic heterocycles. The van der Waals surface area contributed by atoms with Crippen LogP contribution < -0.4 is 15.8 Å². The molecule has 1 rings (SSSR count). The minimum absolute atomic E-state index is 0.0642. The topological polar surface area (TPSA) is 69.4 Å². The van der Waals surface area contributed by atoms with E-state index in [0.717, 1.165) is 5.82 Å². The Bertz CT molecular complexity index is 307. The summed E-state index contributed by atoms with van der Waals surface area (Å²) in [4.78, 5) is 4.29. The van der Waals surface area contributed by atoms with Crippen molar-refractivity contribution in [2.45, 2.75) is 13.0 Å². The van der Waals surface area contributed by atoms with Gasteiger partial charge in [-0.15, -0.1) is 0 Å². The highest BCUT2D eigenvalue weighted by Crippen LogP contribution is 2.12. The zero-order valence-corrected chi connectivity index (χ0v) is 9.77. The smallest absolute Gasteiger partial charge is 0.215 e. The van der Waals surface area contributed by atoms with Crippen molar-refractivity contribution >= 4 is 5.82 Å². The maximum Gasteiger partial charge on any atom is 0.215 e. The molecule has 1 atom stereocenters. The lowest BCUT2D eigenvalue weighted by Gasteiger charge is -2.16. The lowest BCUT2D eigenvalue weighted by molar-refractivity contribution is 0.187. The second-order valence-electron chi connectivity index (χ2n) is 3.33. The Hall–Kier alpha value is -1.33. The van der Waals surface area contributed by atoms with E-state index in [1.807, 2.05) is 25.1 Å². The molecule has 1 aromatic heterocycles. The summed E-state index contributed by atoms with van der Waals surface area (Å²) in [6, 6.07) is 5.65. The first kappa shape index (κ1) is 12.7. The highest BCUT2D eigenvalue weighted by molar-refractivity contribution is 5.38. The molecule has 0 aliphatic carbocycles. The molecule has 0 bridgehead atoms. The van der Waals surface area contributed by atoms with Crippen molar-refractivity contribution in [3.63, 3.8) is 0 Å². The SMILES string of the molecule is CCOc1cccc(NC(CN)COC)n1. The number of nitrogens with one attached hydrogen (secondary N) is 1. The summed E-state index contributed by atoms with van der Waals surface area (Å²) in [6.45, 7) is 3.58. The van der Waals surface area contributed by atoms with Crippen molar-refractivity contribution in [2.75, 3.05) is 32.2 Å². The van der Waals surface area contributed by atoms with Crippen LogP contribution in [0.5, 0.6) is 5.88 Å². The number of pyridine rings is 1. The first-order valence-electron chi connectivity index (χ1n) is 5.35. The second kappa shape index (κ2) is 7.03. The van der Waals surface area contributed by atoms with Gasteiger partial charge in [0.2, 0.25) is 5.88 Å². The minimum Gasteiger partial charge on any atom is -0.478 e. The van der Waals surface area contributed by atoms with Crippen LogP contribution in [0.1, 0.15) is 6.92 Å². The van der Waals surface area contributed by atoms with Crippen LogP contribution in [0.25, 0.3) is 0 Å². The quantitative estimate of drug-likeness (QED) is 0.720. The van der Waals surface area contributed by atoms with Gasteiger partial charge in [0.05, 0.1) is 19.3 Å². The van der Waals surface area contributed by atoms with Crippen LogP contribution >= 0.6 is 0 Å². The maximum atomic E-state index is 5.60. The number of rotatable bonds is 7. The fourth-order valence-corrected chi connectivity index (χ4v) is 1.30. The van der Waals surface area contributed by atoms with E-state index >= 15 is 0 Å². The second-order valence-corrected chi connectivity index (χ2v) is 3.33. The lowest BCUT2D eigenvalue weighted by atomic mass is 10.3. The molecular formula is C11H19N3O2. The van der Waals surface area contributed by atoms with Gasteiger partial charge >= 0.3 is 0 Å². The molecule has 1 heterocycles. The molecule has 5 nitrogen and oxygen atoms in total. The van der Waals surface area contributed by atoms with E-state index in [0.29, 0.717) is 25.6 Å². The summed E-state index contributed by atoms with van der Waals surface area (Å²) in [5.74, 6) is 1.36. The fourth-order valence-electron chi connectivity index (χ4n) is 1.30. The third kappa shape index (κ3) is 4.04. The van der Waals surface area contributed by atoms with Gasteiger partial charge in [0.25, 0.3) is 0 Å². The molecule has 1 aromatic rings. The van der Waals surface area contributed by atoms with Crippen LogP contribution in [0.4, 0.5) is 5.82 Å². The van der Waals surface area contributed by atoms with E-state index in [9.17, 15) is 0 Å². The molecule has 0 aliphatic rings. The van der Waals surface area contributed by atoms with Crippen molar-refractivity contribution in [2.24, 2.45) is 5.73 Å². The number of methoxy groups -OCH3 is 1. The number of anilines is 1. The van der Waals surface area contributed by atoms with Gasteiger partial charge in [-0.05, 0) is 13.0 Å². The Morgan fingerprint density at radius 2 is 2.31 bits per heavy atom. The van der Waals surface area contributed by atoms with Gasteiger partial charge in [0, 0.05) is 19.7 Å².